The quantitative estimate of drug-likeness (QED) is 0.280. The highest BCUT2D eigenvalue weighted by molar-refractivity contribution is 6.06. The second kappa shape index (κ2) is 7.09. The number of aromatic nitrogens is 1. The Hall–Kier alpha value is -2.87. The topological polar surface area (TPSA) is 13.1 Å². The fourth-order valence-electron chi connectivity index (χ4n) is 5.19. The molecular formula is C29H32NO+. The molecule has 0 saturated heterocycles. The molecule has 4 aromatic rings. The molecule has 5 rings (SSSR count). The molecule has 0 radical (unpaired) electrons. The van der Waals surface area contributed by atoms with Crippen LogP contribution in [0.4, 0.5) is 0 Å². The third-order valence-electron chi connectivity index (χ3n) is 6.81. The van der Waals surface area contributed by atoms with Crippen molar-refractivity contribution in [3.8, 4) is 22.8 Å². The molecule has 1 aliphatic heterocycles. The first-order valence-electron chi connectivity index (χ1n) is 11.5. The molecule has 0 atom stereocenters. The largest absolute Gasteiger partial charge is 0.455 e. The second-order valence-electron chi connectivity index (χ2n) is 9.95. The Morgan fingerprint density at radius 3 is 2.39 bits per heavy atom. The zero-order chi connectivity index (χ0) is 22.0. The molecule has 0 aliphatic carbocycles. The average Bonchev–Trinajstić information content (AvgIpc) is 2.72. The molecule has 31 heavy (non-hydrogen) atoms. The Kier molecular flexibility index (Phi) is 4.58. The van der Waals surface area contributed by atoms with Crippen molar-refractivity contribution < 1.29 is 9.30 Å². The highest BCUT2D eigenvalue weighted by Gasteiger charge is 2.32. The standard InChI is InChI=1S/C29H32NO/c1-16(2)12-20-13-22-10-11-30(7)28-26-18(5)23-9-8-21(17(3)4)15-24(23)19(6)29(26)31-25(14-20)27(22)28/h8-11,13-17H,12H2,1-7H3/q+1. The number of nitrogens with zero attached hydrogens (tertiary/aromatic N) is 1. The molecule has 0 bridgehead atoms. The number of ether oxygens (including phenoxy) is 1. The Balaban J connectivity index is 1.87. The van der Waals surface area contributed by atoms with Gasteiger partial charge in [-0.3, -0.25) is 0 Å². The lowest BCUT2D eigenvalue weighted by Crippen LogP contribution is -2.32. The van der Waals surface area contributed by atoms with Crippen molar-refractivity contribution in [3.05, 3.63) is 64.8 Å². The van der Waals surface area contributed by atoms with Gasteiger partial charge in [-0.25, -0.2) is 4.57 Å². The zero-order valence-corrected chi connectivity index (χ0v) is 19.8. The number of pyridine rings is 1. The molecule has 158 valence electrons. The number of benzene rings is 3. The molecule has 0 saturated carbocycles. The van der Waals surface area contributed by atoms with Crippen LogP contribution in [0.25, 0.3) is 32.8 Å². The van der Waals surface area contributed by atoms with Gasteiger partial charge in [0.15, 0.2) is 6.20 Å². The van der Waals surface area contributed by atoms with E-state index in [0.29, 0.717) is 11.8 Å². The van der Waals surface area contributed by atoms with Gasteiger partial charge in [0.1, 0.15) is 18.5 Å². The fourth-order valence-corrected chi connectivity index (χ4v) is 5.19. The van der Waals surface area contributed by atoms with Gasteiger partial charge in [-0.05, 0) is 71.0 Å². The molecule has 2 heteroatoms. The minimum Gasteiger partial charge on any atom is -0.455 e. The van der Waals surface area contributed by atoms with Crippen molar-refractivity contribution in [2.45, 2.75) is 53.9 Å². The third-order valence-corrected chi connectivity index (χ3v) is 6.81. The Bertz CT molecular complexity index is 1360. The van der Waals surface area contributed by atoms with Crippen LogP contribution in [0.1, 0.15) is 55.9 Å². The van der Waals surface area contributed by atoms with Gasteiger partial charge in [0.2, 0.25) is 5.69 Å². The summed E-state index contributed by atoms with van der Waals surface area (Å²) in [6, 6.07) is 13.8. The van der Waals surface area contributed by atoms with Crippen molar-refractivity contribution in [1.29, 1.82) is 0 Å². The molecule has 1 aromatic heterocycles. The molecule has 0 fully saturated rings. The lowest BCUT2D eigenvalue weighted by atomic mass is 9.87. The van der Waals surface area contributed by atoms with Gasteiger partial charge < -0.3 is 4.74 Å². The number of hydrogen-bond acceptors (Lipinski definition) is 1. The monoisotopic (exact) mass is 410 g/mol. The van der Waals surface area contributed by atoms with Crippen LogP contribution in [0.2, 0.25) is 0 Å². The van der Waals surface area contributed by atoms with Crippen LogP contribution < -0.4 is 9.30 Å². The van der Waals surface area contributed by atoms with E-state index in [4.69, 9.17) is 4.74 Å². The van der Waals surface area contributed by atoms with E-state index >= 15 is 0 Å². The first-order valence-corrected chi connectivity index (χ1v) is 11.5. The highest BCUT2D eigenvalue weighted by Crippen LogP contribution is 2.50. The van der Waals surface area contributed by atoms with Crippen LogP contribution in [0.5, 0.6) is 11.5 Å². The van der Waals surface area contributed by atoms with Crippen molar-refractivity contribution in [2.24, 2.45) is 13.0 Å². The summed E-state index contributed by atoms with van der Waals surface area (Å²) in [6.07, 6.45) is 3.25. The van der Waals surface area contributed by atoms with Gasteiger partial charge in [0.05, 0.1) is 10.9 Å². The second-order valence-corrected chi connectivity index (χ2v) is 9.95. The molecule has 0 N–H and O–H groups in total. The lowest BCUT2D eigenvalue weighted by molar-refractivity contribution is -0.659. The van der Waals surface area contributed by atoms with Gasteiger partial charge in [0.25, 0.3) is 0 Å². The van der Waals surface area contributed by atoms with Crippen LogP contribution in [-0.4, -0.2) is 0 Å². The number of fused-ring (bicyclic) bond motifs is 3. The van der Waals surface area contributed by atoms with Gasteiger partial charge >= 0.3 is 0 Å². The Labute approximate surface area is 185 Å². The molecular weight excluding hydrogens is 378 g/mol. The van der Waals surface area contributed by atoms with Crippen LogP contribution in [0, 0.1) is 19.8 Å². The molecule has 2 nitrogen and oxygen atoms in total. The predicted octanol–water partition coefficient (Wildman–Crippen LogP) is 7.53. The maximum absolute atomic E-state index is 6.73. The van der Waals surface area contributed by atoms with Crippen molar-refractivity contribution in [2.75, 3.05) is 0 Å². The summed E-state index contributed by atoms with van der Waals surface area (Å²) in [6.45, 7) is 13.5. The van der Waals surface area contributed by atoms with Crippen molar-refractivity contribution in [3.63, 3.8) is 0 Å². The zero-order valence-electron chi connectivity index (χ0n) is 19.8. The van der Waals surface area contributed by atoms with E-state index in [0.717, 1.165) is 17.9 Å². The van der Waals surface area contributed by atoms with Crippen molar-refractivity contribution in [1.82, 2.24) is 0 Å². The van der Waals surface area contributed by atoms with E-state index in [2.05, 4.69) is 95.8 Å². The summed E-state index contributed by atoms with van der Waals surface area (Å²) in [4.78, 5) is 0. The van der Waals surface area contributed by atoms with Crippen LogP contribution in [-0.2, 0) is 13.5 Å². The van der Waals surface area contributed by atoms with E-state index in [9.17, 15) is 0 Å². The van der Waals surface area contributed by atoms with Gasteiger partial charge in [-0.2, -0.15) is 0 Å². The first kappa shape index (κ1) is 20.1. The van der Waals surface area contributed by atoms with Crippen LogP contribution >= 0.6 is 0 Å². The minimum absolute atomic E-state index is 0.506. The van der Waals surface area contributed by atoms with E-state index in [1.165, 1.54) is 55.1 Å². The number of hydrogen-bond donors (Lipinski definition) is 0. The van der Waals surface area contributed by atoms with E-state index in [1.807, 2.05) is 0 Å². The minimum atomic E-state index is 0.506. The number of aryl methyl sites for hydroxylation is 3. The van der Waals surface area contributed by atoms with E-state index in [-0.39, 0.29) is 0 Å². The third kappa shape index (κ3) is 3.04. The molecule has 2 heterocycles. The fraction of sp³-hybridized carbons (Fsp3) is 0.345. The maximum Gasteiger partial charge on any atom is 0.228 e. The summed E-state index contributed by atoms with van der Waals surface area (Å²) < 4.78 is 8.99. The SMILES string of the molecule is Cc1c2c(c(C)c3ccc(C(C)C)cc13)-c1c3c(cc(CC(C)C)cc3cc[n+]1C)O2. The lowest BCUT2D eigenvalue weighted by Gasteiger charge is -2.25. The summed E-state index contributed by atoms with van der Waals surface area (Å²) in [7, 11) is 2.15. The van der Waals surface area contributed by atoms with Gasteiger partial charge in [-0.1, -0.05) is 52.0 Å². The predicted molar refractivity (Wildman–Crippen MR) is 130 cm³/mol. The summed E-state index contributed by atoms with van der Waals surface area (Å²) >= 11 is 0. The number of rotatable bonds is 3. The highest BCUT2D eigenvalue weighted by atomic mass is 16.5. The molecule has 1 aliphatic rings. The summed E-state index contributed by atoms with van der Waals surface area (Å²) in [5, 5.41) is 5.12. The smallest absolute Gasteiger partial charge is 0.228 e. The first-order chi connectivity index (χ1) is 14.8. The van der Waals surface area contributed by atoms with Crippen LogP contribution in [0.3, 0.4) is 0 Å². The molecule has 0 spiro atoms. The van der Waals surface area contributed by atoms with Gasteiger partial charge in [0, 0.05) is 11.6 Å². The van der Waals surface area contributed by atoms with Gasteiger partial charge in [-0.15, -0.1) is 0 Å². The van der Waals surface area contributed by atoms with E-state index < -0.39 is 0 Å². The van der Waals surface area contributed by atoms with Crippen molar-refractivity contribution >= 4 is 21.5 Å². The molecule has 3 aromatic carbocycles. The molecule has 0 amide bonds. The average molecular weight is 411 g/mol. The summed E-state index contributed by atoms with van der Waals surface area (Å²) in [5.41, 5.74) is 7.75. The van der Waals surface area contributed by atoms with Crippen LogP contribution in [0.15, 0.2) is 42.6 Å². The Morgan fingerprint density at radius 1 is 0.903 bits per heavy atom. The maximum atomic E-state index is 6.73. The summed E-state index contributed by atoms with van der Waals surface area (Å²) in [5.74, 6) is 3.13. The normalized spacial score (nSPS) is 12.7. The Morgan fingerprint density at radius 2 is 1.68 bits per heavy atom. The van der Waals surface area contributed by atoms with E-state index in [1.54, 1.807) is 0 Å². The molecule has 0 unspecified atom stereocenters.